The van der Waals surface area contributed by atoms with Crippen molar-refractivity contribution in [2.24, 2.45) is 0 Å². The lowest BCUT2D eigenvalue weighted by Gasteiger charge is -2.29. The van der Waals surface area contributed by atoms with Gasteiger partial charge in [0, 0.05) is 5.69 Å². The second-order valence-corrected chi connectivity index (χ2v) is 10.7. The number of carbonyl (C=O) groups is 1. The zero-order valence-electron chi connectivity index (χ0n) is 20.3. The standard InChI is InChI=1S/C28H26ClN3O2S/c1-27(2,3)34-23-14-9-19(10-15-23)18-6-11-21(12-7-18)32-26(35)31(25(33)28(32,4)5)22-13-8-20(17-30)24(29)16-22/h6-16H,1-5H3. The predicted octanol–water partition coefficient (Wildman–Crippen LogP) is 6.97. The Morgan fingerprint density at radius 2 is 1.49 bits per heavy atom. The van der Waals surface area contributed by atoms with Crippen LogP contribution in [0.15, 0.2) is 66.7 Å². The van der Waals surface area contributed by atoms with E-state index in [-0.39, 0.29) is 16.5 Å². The molecule has 0 radical (unpaired) electrons. The van der Waals surface area contributed by atoms with Gasteiger partial charge in [-0.15, -0.1) is 0 Å². The third kappa shape index (κ3) is 4.75. The fourth-order valence-electron chi connectivity index (χ4n) is 4.06. The summed E-state index contributed by atoms with van der Waals surface area (Å²) >= 11 is 12.0. The first-order valence-corrected chi connectivity index (χ1v) is 12.0. The molecule has 1 amide bonds. The molecule has 3 aromatic rings. The highest BCUT2D eigenvalue weighted by Gasteiger charge is 2.50. The minimum Gasteiger partial charge on any atom is -0.488 e. The third-order valence-electron chi connectivity index (χ3n) is 5.74. The zero-order valence-corrected chi connectivity index (χ0v) is 21.9. The molecule has 0 N–H and O–H groups in total. The van der Waals surface area contributed by atoms with Gasteiger partial charge in [0.05, 0.1) is 16.3 Å². The Balaban J connectivity index is 1.61. The first kappa shape index (κ1) is 24.7. The van der Waals surface area contributed by atoms with Crippen LogP contribution in [0.2, 0.25) is 5.02 Å². The van der Waals surface area contributed by atoms with Gasteiger partial charge in [0.25, 0.3) is 5.91 Å². The smallest absolute Gasteiger partial charge is 0.259 e. The summed E-state index contributed by atoms with van der Waals surface area (Å²) in [5, 5.41) is 9.80. The van der Waals surface area contributed by atoms with Crippen LogP contribution in [0.4, 0.5) is 11.4 Å². The topological polar surface area (TPSA) is 56.6 Å². The molecule has 0 unspecified atom stereocenters. The van der Waals surface area contributed by atoms with Crippen molar-refractivity contribution in [3.05, 3.63) is 77.3 Å². The van der Waals surface area contributed by atoms with E-state index in [1.54, 1.807) is 18.2 Å². The van der Waals surface area contributed by atoms with E-state index in [2.05, 4.69) is 0 Å². The van der Waals surface area contributed by atoms with Crippen molar-refractivity contribution in [2.45, 2.75) is 45.8 Å². The van der Waals surface area contributed by atoms with Gasteiger partial charge in [-0.05, 0) is 100 Å². The van der Waals surface area contributed by atoms with E-state index in [0.29, 0.717) is 16.4 Å². The minimum atomic E-state index is -0.898. The Morgan fingerprint density at radius 3 is 2.00 bits per heavy atom. The molecule has 1 aliphatic heterocycles. The van der Waals surface area contributed by atoms with Crippen LogP contribution in [-0.2, 0) is 4.79 Å². The van der Waals surface area contributed by atoms with Crippen molar-refractivity contribution < 1.29 is 9.53 Å². The van der Waals surface area contributed by atoms with Crippen molar-refractivity contribution >= 4 is 46.2 Å². The van der Waals surface area contributed by atoms with E-state index < -0.39 is 5.54 Å². The van der Waals surface area contributed by atoms with Gasteiger partial charge in [0.2, 0.25) is 0 Å². The van der Waals surface area contributed by atoms with Gasteiger partial charge in [-0.3, -0.25) is 9.69 Å². The number of anilines is 2. The molecular formula is C28H26ClN3O2S. The van der Waals surface area contributed by atoms with Crippen molar-refractivity contribution in [1.82, 2.24) is 0 Å². The summed E-state index contributed by atoms with van der Waals surface area (Å²) in [7, 11) is 0. The SMILES string of the molecule is CC(C)(C)Oc1ccc(-c2ccc(N3C(=S)N(c4ccc(C#N)c(Cl)c4)C(=O)C3(C)C)cc2)cc1. The molecule has 0 bridgehead atoms. The number of amides is 1. The molecule has 3 aromatic carbocycles. The number of thiocarbonyl (C=S) groups is 1. The van der Waals surface area contributed by atoms with Crippen LogP contribution < -0.4 is 14.5 Å². The van der Waals surface area contributed by atoms with Gasteiger partial charge >= 0.3 is 0 Å². The number of hydrogen-bond acceptors (Lipinski definition) is 4. The highest BCUT2D eigenvalue weighted by atomic mass is 35.5. The summed E-state index contributed by atoms with van der Waals surface area (Å²) < 4.78 is 5.91. The van der Waals surface area contributed by atoms with Crippen molar-refractivity contribution in [3.63, 3.8) is 0 Å². The van der Waals surface area contributed by atoms with Crippen molar-refractivity contribution in [3.8, 4) is 22.9 Å². The van der Waals surface area contributed by atoms with E-state index >= 15 is 0 Å². The van der Waals surface area contributed by atoms with Crippen LogP contribution in [-0.4, -0.2) is 22.2 Å². The van der Waals surface area contributed by atoms with Crippen LogP contribution in [0.3, 0.4) is 0 Å². The van der Waals surface area contributed by atoms with Crippen LogP contribution in [0.5, 0.6) is 5.75 Å². The van der Waals surface area contributed by atoms with Crippen molar-refractivity contribution in [1.29, 1.82) is 5.26 Å². The summed E-state index contributed by atoms with van der Waals surface area (Å²) in [6, 6.07) is 22.8. The maximum Gasteiger partial charge on any atom is 0.259 e. The molecule has 178 valence electrons. The molecule has 1 fully saturated rings. The third-order valence-corrected chi connectivity index (χ3v) is 6.41. The zero-order chi connectivity index (χ0) is 25.5. The fraction of sp³-hybridized carbons (Fsp3) is 0.250. The maximum absolute atomic E-state index is 13.4. The Bertz CT molecular complexity index is 1340. The van der Waals surface area contributed by atoms with E-state index in [4.69, 9.17) is 33.8 Å². The van der Waals surface area contributed by atoms with E-state index in [0.717, 1.165) is 22.6 Å². The van der Waals surface area contributed by atoms with E-state index in [1.165, 1.54) is 4.90 Å². The molecular weight excluding hydrogens is 478 g/mol. The summed E-state index contributed by atoms with van der Waals surface area (Å²) in [5.41, 5.74) is 2.65. The second kappa shape index (κ2) is 8.99. The van der Waals surface area contributed by atoms with Crippen molar-refractivity contribution in [2.75, 3.05) is 9.80 Å². The Morgan fingerprint density at radius 1 is 0.943 bits per heavy atom. The fourth-order valence-corrected chi connectivity index (χ4v) is 4.80. The largest absolute Gasteiger partial charge is 0.488 e. The summed E-state index contributed by atoms with van der Waals surface area (Å²) in [6.07, 6.45) is 0. The van der Waals surface area contributed by atoms with Gasteiger partial charge in [-0.25, -0.2) is 0 Å². The molecule has 0 aromatic heterocycles. The summed E-state index contributed by atoms with van der Waals surface area (Å²) in [4.78, 5) is 16.7. The lowest BCUT2D eigenvalue weighted by Crippen LogP contribution is -2.44. The Kier molecular flexibility index (Phi) is 6.35. The number of ether oxygens (including phenoxy) is 1. The number of benzene rings is 3. The predicted molar refractivity (Wildman–Crippen MR) is 145 cm³/mol. The van der Waals surface area contributed by atoms with E-state index in [9.17, 15) is 4.79 Å². The van der Waals surface area contributed by atoms with E-state index in [1.807, 2.05) is 94.1 Å². The highest BCUT2D eigenvalue weighted by molar-refractivity contribution is 7.81. The van der Waals surface area contributed by atoms with Crippen LogP contribution in [0, 0.1) is 11.3 Å². The second-order valence-electron chi connectivity index (χ2n) is 9.88. The molecule has 0 spiro atoms. The number of halogens is 1. The molecule has 5 nitrogen and oxygen atoms in total. The lowest BCUT2D eigenvalue weighted by molar-refractivity contribution is -0.120. The average molecular weight is 504 g/mol. The molecule has 0 atom stereocenters. The maximum atomic E-state index is 13.4. The van der Waals surface area contributed by atoms with Crippen LogP contribution in [0.1, 0.15) is 40.2 Å². The van der Waals surface area contributed by atoms with Gasteiger partial charge < -0.3 is 9.64 Å². The van der Waals surface area contributed by atoms with Gasteiger partial charge in [0.1, 0.15) is 23.0 Å². The normalized spacial score (nSPS) is 15.3. The quantitative estimate of drug-likeness (QED) is 0.360. The number of nitrogens with zero attached hydrogens (tertiary/aromatic N) is 3. The monoisotopic (exact) mass is 503 g/mol. The molecule has 1 heterocycles. The van der Waals surface area contributed by atoms with Crippen LogP contribution >= 0.6 is 23.8 Å². The molecule has 1 aliphatic rings. The number of nitriles is 1. The molecule has 0 aliphatic carbocycles. The molecule has 4 rings (SSSR count). The molecule has 7 heteroatoms. The number of carbonyl (C=O) groups excluding carboxylic acids is 1. The number of rotatable bonds is 4. The Labute approximate surface area is 216 Å². The highest BCUT2D eigenvalue weighted by Crippen LogP contribution is 2.38. The summed E-state index contributed by atoms with van der Waals surface area (Å²) in [5.74, 6) is 0.658. The lowest BCUT2D eigenvalue weighted by atomic mass is 10.0. The first-order valence-electron chi connectivity index (χ1n) is 11.2. The molecule has 0 saturated carbocycles. The van der Waals surface area contributed by atoms with Gasteiger partial charge in [0.15, 0.2) is 5.11 Å². The number of hydrogen-bond donors (Lipinski definition) is 0. The Hall–Kier alpha value is -3.40. The molecule has 35 heavy (non-hydrogen) atoms. The summed E-state index contributed by atoms with van der Waals surface area (Å²) in [6.45, 7) is 9.74. The molecule has 1 saturated heterocycles. The minimum absolute atomic E-state index is 0.165. The van der Waals surface area contributed by atoms with Gasteiger partial charge in [-0.2, -0.15) is 5.26 Å². The van der Waals surface area contributed by atoms with Gasteiger partial charge in [-0.1, -0.05) is 35.9 Å². The first-order chi connectivity index (χ1) is 16.4. The average Bonchev–Trinajstić information content (AvgIpc) is 2.97. The van der Waals surface area contributed by atoms with Crippen LogP contribution in [0.25, 0.3) is 11.1 Å².